The SMILES string of the molecule is CC(NC(=O)OC(C)(C)C)C1CCCCC1=O. The van der Waals surface area contributed by atoms with Gasteiger partial charge in [0.25, 0.3) is 0 Å². The van der Waals surface area contributed by atoms with Crippen molar-refractivity contribution in [2.24, 2.45) is 5.92 Å². The molecule has 2 atom stereocenters. The summed E-state index contributed by atoms with van der Waals surface area (Å²) < 4.78 is 5.17. The zero-order chi connectivity index (χ0) is 13.1. The van der Waals surface area contributed by atoms with Crippen LogP contribution in [0.4, 0.5) is 4.79 Å². The van der Waals surface area contributed by atoms with Crippen molar-refractivity contribution in [2.75, 3.05) is 0 Å². The third kappa shape index (κ3) is 4.75. The Bertz CT molecular complexity index is 294. The summed E-state index contributed by atoms with van der Waals surface area (Å²) in [6, 6.07) is -0.141. The minimum atomic E-state index is -0.500. The highest BCUT2D eigenvalue weighted by molar-refractivity contribution is 5.83. The molecule has 1 aliphatic carbocycles. The third-order valence-electron chi connectivity index (χ3n) is 2.95. The molecule has 1 amide bonds. The molecule has 0 spiro atoms. The molecule has 1 aliphatic rings. The lowest BCUT2D eigenvalue weighted by Gasteiger charge is -2.28. The number of ether oxygens (including phenoxy) is 1. The number of hydrogen-bond acceptors (Lipinski definition) is 3. The molecule has 4 heteroatoms. The van der Waals surface area contributed by atoms with Gasteiger partial charge < -0.3 is 10.1 Å². The van der Waals surface area contributed by atoms with Crippen molar-refractivity contribution >= 4 is 11.9 Å². The summed E-state index contributed by atoms with van der Waals surface area (Å²) in [6.45, 7) is 7.34. The molecular weight excluding hydrogens is 218 g/mol. The first-order chi connectivity index (χ1) is 7.79. The Balaban J connectivity index is 2.45. The van der Waals surface area contributed by atoms with E-state index in [1.807, 2.05) is 27.7 Å². The second kappa shape index (κ2) is 5.52. The number of rotatable bonds is 2. The molecule has 1 N–H and O–H groups in total. The molecule has 0 radical (unpaired) electrons. The predicted octanol–water partition coefficient (Wildman–Crippen LogP) is 2.66. The highest BCUT2D eigenvalue weighted by Gasteiger charge is 2.29. The van der Waals surface area contributed by atoms with Gasteiger partial charge in [-0.05, 0) is 40.5 Å². The number of ketones is 1. The van der Waals surface area contributed by atoms with E-state index < -0.39 is 11.7 Å². The van der Waals surface area contributed by atoms with Gasteiger partial charge in [0.05, 0.1) is 0 Å². The van der Waals surface area contributed by atoms with Crippen LogP contribution in [0.25, 0.3) is 0 Å². The van der Waals surface area contributed by atoms with Gasteiger partial charge in [0.15, 0.2) is 0 Å². The Morgan fingerprint density at radius 2 is 2.06 bits per heavy atom. The van der Waals surface area contributed by atoms with Gasteiger partial charge in [-0.3, -0.25) is 4.79 Å². The van der Waals surface area contributed by atoms with Crippen molar-refractivity contribution in [1.29, 1.82) is 0 Å². The van der Waals surface area contributed by atoms with Crippen molar-refractivity contribution in [3.8, 4) is 0 Å². The van der Waals surface area contributed by atoms with E-state index in [1.165, 1.54) is 0 Å². The lowest BCUT2D eigenvalue weighted by atomic mass is 9.83. The molecule has 1 saturated carbocycles. The van der Waals surface area contributed by atoms with Crippen LogP contribution >= 0.6 is 0 Å². The van der Waals surface area contributed by atoms with Crippen molar-refractivity contribution < 1.29 is 14.3 Å². The van der Waals surface area contributed by atoms with E-state index in [1.54, 1.807) is 0 Å². The molecule has 1 fully saturated rings. The second-order valence-corrected chi connectivity index (χ2v) is 5.75. The average Bonchev–Trinajstić information content (AvgIpc) is 2.14. The Labute approximate surface area is 103 Å². The first kappa shape index (κ1) is 14.0. The maximum atomic E-state index is 11.7. The summed E-state index contributed by atoms with van der Waals surface area (Å²) in [4.78, 5) is 23.3. The first-order valence-electron chi connectivity index (χ1n) is 6.32. The molecular formula is C13H23NO3. The monoisotopic (exact) mass is 241 g/mol. The van der Waals surface area contributed by atoms with E-state index in [4.69, 9.17) is 4.74 Å². The molecule has 0 heterocycles. The van der Waals surface area contributed by atoms with E-state index in [0.717, 1.165) is 19.3 Å². The first-order valence-corrected chi connectivity index (χ1v) is 6.32. The van der Waals surface area contributed by atoms with Gasteiger partial charge in [0.2, 0.25) is 0 Å². The zero-order valence-corrected chi connectivity index (χ0v) is 11.2. The van der Waals surface area contributed by atoms with Gasteiger partial charge in [-0.2, -0.15) is 0 Å². The Morgan fingerprint density at radius 1 is 1.41 bits per heavy atom. The van der Waals surface area contributed by atoms with E-state index >= 15 is 0 Å². The smallest absolute Gasteiger partial charge is 0.407 e. The van der Waals surface area contributed by atoms with Crippen LogP contribution < -0.4 is 5.32 Å². The van der Waals surface area contributed by atoms with Crippen LogP contribution in [0, 0.1) is 5.92 Å². The Kier molecular flexibility index (Phi) is 4.54. The van der Waals surface area contributed by atoms with Crippen molar-refractivity contribution in [3.63, 3.8) is 0 Å². The van der Waals surface area contributed by atoms with E-state index in [-0.39, 0.29) is 17.7 Å². The fourth-order valence-electron chi connectivity index (χ4n) is 2.13. The average molecular weight is 241 g/mol. The summed E-state index contributed by atoms with van der Waals surface area (Å²) in [5, 5.41) is 2.75. The van der Waals surface area contributed by atoms with Gasteiger partial charge in [-0.1, -0.05) is 6.42 Å². The highest BCUT2D eigenvalue weighted by atomic mass is 16.6. The van der Waals surface area contributed by atoms with E-state index in [0.29, 0.717) is 6.42 Å². The topological polar surface area (TPSA) is 55.4 Å². The number of carbonyl (C=O) groups excluding carboxylic acids is 2. The molecule has 0 aliphatic heterocycles. The maximum Gasteiger partial charge on any atom is 0.407 e. The summed E-state index contributed by atoms with van der Waals surface area (Å²) in [5.41, 5.74) is -0.500. The number of Topliss-reactive ketones (excluding diaryl/α,β-unsaturated/α-hetero) is 1. The number of amides is 1. The summed E-state index contributed by atoms with van der Waals surface area (Å²) in [7, 11) is 0. The van der Waals surface area contributed by atoms with Crippen LogP contribution in [0.5, 0.6) is 0 Å². The molecule has 1 rings (SSSR count). The van der Waals surface area contributed by atoms with E-state index in [2.05, 4.69) is 5.32 Å². The molecule has 0 aromatic rings. The van der Waals surface area contributed by atoms with Crippen molar-refractivity contribution in [1.82, 2.24) is 5.32 Å². The Hall–Kier alpha value is -1.06. The van der Waals surface area contributed by atoms with Crippen LogP contribution in [-0.4, -0.2) is 23.5 Å². The number of nitrogens with one attached hydrogen (secondary N) is 1. The molecule has 17 heavy (non-hydrogen) atoms. The summed E-state index contributed by atoms with van der Waals surface area (Å²) >= 11 is 0. The Morgan fingerprint density at radius 3 is 2.59 bits per heavy atom. The highest BCUT2D eigenvalue weighted by Crippen LogP contribution is 2.23. The van der Waals surface area contributed by atoms with Crippen LogP contribution in [0.1, 0.15) is 53.4 Å². The normalized spacial score (nSPS) is 23.1. The molecule has 0 aromatic heterocycles. The van der Waals surface area contributed by atoms with Gasteiger partial charge in [-0.15, -0.1) is 0 Å². The summed E-state index contributed by atoms with van der Waals surface area (Å²) in [6.07, 6.45) is 3.12. The fraction of sp³-hybridized carbons (Fsp3) is 0.846. The largest absolute Gasteiger partial charge is 0.444 e. The van der Waals surface area contributed by atoms with Gasteiger partial charge in [0, 0.05) is 18.4 Å². The summed E-state index contributed by atoms with van der Waals surface area (Å²) in [5.74, 6) is 0.219. The maximum absolute atomic E-state index is 11.7. The van der Waals surface area contributed by atoms with Crippen LogP contribution in [0.2, 0.25) is 0 Å². The van der Waals surface area contributed by atoms with E-state index in [9.17, 15) is 9.59 Å². The molecule has 98 valence electrons. The fourth-order valence-corrected chi connectivity index (χ4v) is 2.13. The number of alkyl carbamates (subject to hydrolysis) is 1. The molecule has 0 saturated heterocycles. The molecule has 2 unspecified atom stereocenters. The van der Waals surface area contributed by atoms with Gasteiger partial charge in [-0.25, -0.2) is 4.79 Å². The number of hydrogen-bond donors (Lipinski definition) is 1. The second-order valence-electron chi connectivity index (χ2n) is 5.75. The number of carbonyl (C=O) groups is 2. The van der Waals surface area contributed by atoms with Gasteiger partial charge >= 0.3 is 6.09 Å². The minimum absolute atomic E-state index is 0.0451. The van der Waals surface area contributed by atoms with Crippen LogP contribution in [0.3, 0.4) is 0 Å². The molecule has 0 aromatic carbocycles. The standard InChI is InChI=1S/C13H23NO3/c1-9(10-7-5-6-8-11(10)15)14-12(16)17-13(2,3)4/h9-10H,5-8H2,1-4H3,(H,14,16). The van der Waals surface area contributed by atoms with Crippen LogP contribution in [0.15, 0.2) is 0 Å². The van der Waals surface area contributed by atoms with Gasteiger partial charge in [0.1, 0.15) is 11.4 Å². The predicted molar refractivity (Wildman–Crippen MR) is 65.8 cm³/mol. The van der Waals surface area contributed by atoms with Crippen molar-refractivity contribution in [3.05, 3.63) is 0 Å². The lowest BCUT2D eigenvalue weighted by molar-refractivity contribution is -0.125. The lowest BCUT2D eigenvalue weighted by Crippen LogP contribution is -2.44. The van der Waals surface area contributed by atoms with Crippen LogP contribution in [-0.2, 0) is 9.53 Å². The molecule has 4 nitrogen and oxygen atoms in total. The quantitative estimate of drug-likeness (QED) is 0.808. The zero-order valence-electron chi connectivity index (χ0n) is 11.2. The minimum Gasteiger partial charge on any atom is -0.444 e. The van der Waals surface area contributed by atoms with Crippen molar-refractivity contribution in [2.45, 2.75) is 65.0 Å². The third-order valence-corrected chi connectivity index (χ3v) is 2.95. The molecule has 0 bridgehead atoms.